The number of fused-ring (bicyclic) bond motifs is 1. The molecule has 2 heterocycles. The Morgan fingerprint density at radius 2 is 1.53 bits per heavy atom. The molecule has 0 saturated carbocycles. The van der Waals surface area contributed by atoms with Crippen LogP contribution in [-0.4, -0.2) is 47.8 Å². The second-order valence-corrected chi connectivity index (χ2v) is 8.59. The van der Waals surface area contributed by atoms with Crippen molar-refractivity contribution in [1.82, 2.24) is 4.90 Å². The molecule has 36 heavy (non-hydrogen) atoms. The average Bonchev–Trinajstić information content (AvgIpc) is 3.12. The van der Waals surface area contributed by atoms with Crippen LogP contribution in [0.15, 0.2) is 60.7 Å². The van der Waals surface area contributed by atoms with E-state index in [-0.39, 0.29) is 16.8 Å². The number of anilines is 1. The maximum Gasteiger partial charge on any atom is 0.270 e. The van der Waals surface area contributed by atoms with E-state index in [2.05, 4.69) is 0 Å². The number of halogens is 1. The van der Waals surface area contributed by atoms with E-state index in [4.69, 9.17) is 21.1 Å². The third kappa shape index (κ3) is 3.45. The summed E-state index contributed by atoms with van der Waals surface area (Å²) in [7, 11) is 2.96. The summed E-state index contributed by atoms with van der Waals surface area (Å²) in [6.07, 6.45) is 0. The summed E-state index contributed by atoms with van der Waals surface area (Å²) in [5.74, 6) is -1.08. The van der Waals surface area contributed by atoms with Gasteiger partial charge < -0.3 is 14.4 Å². The highest BCUT2D eigenvalue weighted by atomic mass is 35.5. The molecule has 0 aromatic heterocycles. The van der Waals surface area contributed by atoms with Gasteiger partial charge in [0, 0.05) is 28.4 Å². The molecule has 3 aromatic carbocycles. The zero-order valence-electron chi connectivity index (χ0n) is 19.0. The lowest BCUT2D eigenvalue weighted by Gasteiger charge is -2.50. The maximum absolute atomic E-state index is 13.6. The first kappa shape index (κ1) is 23.3. The van der Waals surface area contributed by atoms with E-state index in [1.165, 1.54) is 25.2 Å². The van der Waals surface area contributed by atoms with Crippen molar-refractivity contribution in [2.75, 3.05) is 19.1 Å². The number of amides is 3. The number of nitro groups is 1. The minimum Gasteiger partial charge on any atom is -0.497 e. The van der Waals surface area contributed by atoms with E-state index >= 15 is 0 Å². The highest BCUT2D eigenvalue weighted by Gasteiger charge is 2.58. The summed E-state index contributed by atoms with van der Waals surface area (Å²) < 4.78 is 10.9. The molecular weight excluding hydrogens is 490 g/mol. The smallest absolute Gasteiger partial charge is 0.270 e. The van der Waals surface area contributed by atoms with Crippen LogP contribution in [0, 0.1) is 10.1 Å². The first-order valence-corrected chi connectivity index (χ1v) is 11.1. The van der Waals surface area contributed by atoms with Crippen LogP contribution < -0.4 is 14.4 Å². The summed E-state index contributed by atoms with van der Waals surface area (Å²) in [6, 6.07) is 13.0. The molecule has 1 saturated heterocycles. The van der Waals surface area contributed by atoms with Gasteiger partial charge in [0.1, 0.15) is 17.5 Å². The van der Waals surface area contributed by atoms with Gasteiger partial charge in [-0.1, -0.05) is 11.6 Å². The van der Waals surface area contributed by atoms with Gasteiger partial charge in [-0.15, -0.1) is 0 Å². The maximum atomic E-state index is 13.6. The van der Waals surface area contributed by atoms with Crippen molar-refractivity contribution in [2.24, 2.45) is 0 Å². The molecule has 0 aliphatic carbocycles. The van der Waals surface area contributed by atoms with Gasteiger partial charge in [-0.05, 0) is 48.5 Å². The van der Waals surface area contributed by atoms with Gasteiger partial charge >= 0.3 is 0 Å². The molecule has 1 fully saturated rings. The number of ether oxygens (including phenoxy) is 2. The number of methoxy groups -OCH3 is 2. The third-order valence-electron chi connectivity index (χ3n) is 6.32. The fourth-order valence-electron chi connectivity index (χ4n) is 4.61. The van der Waals surface area contributed by atoms with Crippen LogP contribution >= 0.6 is 11.6 Å². The number of hydrogen-bond donors (Lipinski definition) is 0. The van der Waals surface area contributed by atoms with Crippen molar-refractivity contribution in [2.45, 2.75) is 12.1 Å². The Hall–Kier alpha value is -4.44. The Morgan fingerprint density at radius 3 is 2.17 bits per heavy atom. The lowest BCUT2D eigenvalue weighted by atomic mass is 9.85. The lowest BCUT2D eigenvalue weighted by Crippen LogP contribution is -2.67. The number of nitrogens with zero attached hydrogens (tertiary/aromatic N) is 3. The van der Waals surface area contributed by atoms with Crippen molar-refractivity contribution in [3.05, 3.63) is 92.5 Å². The highest BCUT2D eigenvalue weighted by Crippen LogP contribution is 2.47. The quantitative estimate of drug-likeness (QED) is 0.214. The monoisotopic (exact) mass is 507 g/mol. The van der Waals surface area contributed by atoms with Crippen LogP contribution in [0.2, 0.25) is 5.02 Å². The first-order chi connectivity index (χ1) is 17.3. The zero-order chi connectivity index (χ0) is 25.7. The SMILES string of the molecule is COc1ccc(OC)c([C@@H]2[C@@H](N3C(=O)c4ccc([N+](=O)[O-])cc4C3=O)C(=O)N2c2ccc(Cl)cc2)c1. The van der Waals surface area contributed by atoms with Crippen LogP contribution in [0.1, 0.15) is 32.3 Å². The molecule has 3 aromatic rings. The summed E-state index contributed by atoms with van der Waals surface area (Å²) in [5.41, 5.74) is 0.565. The van der Waals surface area contributed by atoms with Crippen molar-refractivity contribution in [3.8, 4) is 11.5 Å². The minimum absolute atomic E-state index is 0.000278. The number of nitro benzene ring substituents is 1. The van der Waals surface area contributed by atoms with E-state index in [1.54, 1.807) is 42.5 Å². The summed E-state index contributed by atoms with van der Waals surface area (Å²) in [6.45, 7) is 0. The molecule has 0 unspecified atom stereocenters. The molecule has 182 valence electrons. The zero-order valence-corrected chi connectivity index (χ0v) is 19.8. The number of rotatable bonds is 6. The molecule has 5 rings (SSSR count). The van der Waals surface area contributed by atoms with Gasteiger partial charge in [-0.2, -0.15) is 0 Å². The summed E-state index contributed by atoms with van der Waals surface area (Å²) in [5, 5.41) is 11.7. The Kier molecular flexibility index (Phi) is 5.60. The van der Waals surface area contributed by atoms with Crippen LogP contribution in [-0.2, 0) is 4.79 Å². The van der Waals surface area contributed by atoms with Gasteiger partial charge in [-0.3, -0.25) is 29.4 Å². The lowest BCUT2D eigenvalue weighted by molar-refractivity contribution is -0.384. The minimum atomic E-state index is -1.21. The van der Waals surface area contributed by atoms with Crippen molar-refractivity contribution < 1.29 is 28.8 Å². The molecule has 3 amide bonds. The second-order valence-electron chi connectivity index (χ2n) is 8.15. The van der Waals surface area contributed by atoms with Gasteiger partial charge in [0.2, 0.25) is 0 Å². The number of carbonyl (C=O) groups excluding carboxylic acids is 3. The molecule has 2 atom stereocenters. The number of carbonyl (C=O) groups is 3. The number of benzene rings is 3. The van der Waals surface area contributed by atoms with Crippen LogP contribution in [0.3, 0.4) is 0 Å². The molecule has 0 N–H and O–H groups in total. The van der Waals surface area contributed by atoms with Gasteiger partial charge in [0.25, 0.3) is 23.4 Å². The van der Waals surface area contributed by atoms with E-state index in [0.29, 0.717) is 27.8 Å². The predicted octanol–water partition coefficient (Wildman–Crippen LogP) is 4.02. The second kappa shape index (κ2) is 8.65. The Balaban J connectivity index is 1.63. The fourth-order valence-corrected chi connectivity index (χ4v) is 4.73. The van der Waals surface area contributed by atoms with Crippen LogP contribution in [0.4, 0.5) is 11.4 Å². The Morgan fingerprint density at radius 1 is 0.833 bits per heavy atom. The van der Waals surface area contributed by atoms with Crippen LogP contribution in [0.25, 0.3) is 0 Å². The molecule has 0 radical (unpaired) electrons. The number of hydrogen-bond acceptors (Lipinski definition) is 7. The predicted molar refractivity (Wildman–Crippen MR) is 129 cm³/mol. The topological polar surface area (TPSA) is 119 Å². The van der Waals surface area contributed by atoms with Crippen molar-refractivity contribution in [3.63, 3.8) is 0 Å². The molecule has 0 bridgehead atoms. The fraction of sp³-hybridized carbons (Fsp3) is 0.160. The van der Waals surface area contributed by atoms with E-state index in [0.717, 1.165) is 17.0 Å². The Bertz CT molecular complexity index is 1440. The van der Waals surface area contributed by atoms with Crippen LogP contribution in [0.5, 0.6) is 11.5 Å². The molecule has 2 aliphatic heterocycles. The number of non-ortho nitro benzene ring substituents is 1. The normalized spacial score (nSPS) is 18.7. The Labute approximate surface area is 209 Å². The van der Waals surface area contributed by atoms with Gasteiger partial charge in [0.05, 0.1) is 36.3 Å². The standard InChI is InChI=1S/C25H18ClN3O7/c1-35-16-8-10-20(36-2)19(12-16)21-22(25(32)27(21)14-5-3-13(26)4-6-14)28-23(30)17-9-7-15(29(33)34)11-18(17)24(28)31/h3-12,21-22H,1-2H3/t21-,22-/m1/s1. The van der Waals surface area contributed by atoms with E-state index in [9.17, 15) is 24.5 Å². The van der Waals surface area contributed by atoms with E-state index in [1.807, 2.05) is 0 Å². The third-order valence-corrected chi connectivity index (χ3v) is 6.57. The number of imide groups is 1. The first-order valence-electron chi connectivity index (χ1n) is 10.7. The molecule has 2 aliphatic rings. The highest BCUT2D eigenvalue weighted by molar-refractivity contribution is 6.30. The largest absolute Gasteiger partial charge is 0.497 e. The van der Waals surface area contributed by atoms with Gasteiger partial charge in [0.15, 0.2) is 0 Å². The summed E-state index contributed by atoms with van der Waals surface area (Å²) >= 11 is 6.03. The number of β-lactam (4-membered cyclic amide) rings is 1. The van der Waals surface area contributed by atoms with E-state index < -0.39 is 34.7 Å². The van der Waals surface area contributed by atoms with Crippen molar-refractivity contribution >= 4 is 40.7 Å². The summed E-state index contributed by atoms with van der Waals surface area (Å²) in [4.78, 5) is 53.1. The molecule has 0 spiro atoms. The average molecular weight is 508 g/mol. The molecule has 11 heteroatoms. The molecular formula is C25H18ClN3O7. The molecule has 10 nitrogen and oxygen atoms in total. The van der Waals surface area contributed by atoms with Crippen molar-refractivity contribution in [1.29, 1.82) is 0 Å². The van der Waals surface area contributed by atoms with Gasteiger partial charge in [-0.25, -0.2) is 0 Å².